The lowest BCUT2D eigenvalue weighted by Gasteiger charge is -1.99. The minimum atomic E-state index is 0.831. The van der Waals surface area contributed by atoms with Crippen LogP contribution in [-0.2, 0) is 0 Å². The third-order valence-corrected chi connectivity index (χ3v) is 1.54. The number of hydrogen-bond acceptors (Lipinski definition) is 1. The number of nitrogens with two attached hydrogens (primary N) is 1. The maximum Gasteiger partial charge on any atom is 0.0349 e. The van der Waals surface area contributed by atoms with Gasteiger partial charge >= 0.3 is 0 Å². The van der Waals surface area contributed by atoms with E-state index in [9.17, 15) is 0 Å². The highest BCUT2D eigenvalue weighted by molar-refractivity contribution is 5.57. The molecule has 0 saturated heterocycles. The Bertz CT molecular complexity index is 251. The molecule has 0 heterocycles. The predicted octanol–water partition coefficient (Wildman–Crippen LogP) is 2.22. The fourth-order valence-electron chi connectivity index (χ4n) is 0.786. The SMILES string of the molecule is C=Cc1ccc(C)c(N)c1. The van der Waals surface area contributed by atoms with Crippen LogP contribution in [-0.4, -0.2) is 0 Å². The molecule has 0 unspecified atom stereocenters. The van der Waals surface area contributed by atoms with Gasteiger partial charge in [-0.25, -0.2) is 0 Å². The normalized spacial score (nSPS) is 9.30. The molecule has 0 aliphatic carbocycles. The van der Waals surface area contributed by atoms with Crippen molar-refractivity contribution in [2.24, 2.45) is 0 Å². The molecule has 0 aliphatic heterocycles. The molecule has 0 atom stereocenters. The molecule has 0 aromatic heterocycles. The number of aryl methyl sites for hydroxylation is 1. The van der Waals surface area contributed by atoms with Gasteiger partial charge in [0, 0.05) is 5.69 Å². The first kappa shape index (κ1) is 6.87. The highest BCUT2D eigenvalue weighted by Crippen LogP contribution is 2.12. The topological polar surface area (TPSA) is 26.0 Å². The van der Waals surface area contributed by atoms with E-state index in [0.717, 1.165) is 16.8 Å². The molecule has 0 spiro atoms. The fraction of sp³-hybridized carbons (Fsp3) is 0.111. The first-order valence-electron chi connectivity index (χ1n) is 3.22. The summed E-state index contributed by atoms with van der Waals surface area (Å²) < 4.78 is 0. The molecule has 52 valence electrons. The lowest BCUT2D eigenvalue weighted by Crippen LogP contribution is -1.88. The summed E-state index contributed by atoms with van der Waals surface area (Å²) in [6, 6.07) is 5.91. The molecular formula is C9H11N. The van der Waals surface area contributed by atoms with Crippen molar-refractivity contribution in [3.8, 4) is 0 Å². The van der Waals surface area contributed by atoms with Gasteiger partial charge in [-0.15, -0.1) is 0 Å². The molecule has 1 nitrogen and oxygen atoms in total. The van der Waals surface area contributed by atoms with Crippen LogP contribution in [0.15, 0.2) is 24.8 Å². The molecule has 0 aliphatic rings. The van der Waals surface area contributed by atoms with Crippen LogP contribution in [0.4, 0.5) is 5.69 Å². The number of rotatable bonds is 1. The molecule has 0 fully saturated rings. The second kappa shape index (κ2) is 2.56. The lowest BCUT2D eigenvalue weighted by molar-refractivity contribution is 1.46. The van der Waals surface area contributed by atoms with Crippen LogP contribution in [0.25, 0.3) is 6.08 Å². The summed E-state index contributed by atoms with van der Waals surface area (Å²) in [7, 11) is 0. The van der Waals surface area contributed by atoms with Crippen molar-refractivity contribution in [2.75, 3.05) is 5.73 Å². The van der Waals surface area contributed by atoms with Crippen LogP contribution in [0, 0.1) is 6.92 Å². The third-order valence-electron chi connectivity index (χ3n) is 1.54. The minimum absolute atomic E-state index is 0.831. The van der Waals surface area contributed by atoms with Gasteiger partial charge in [0.25, 0.3) is 0 Å². The Balaban J connectivity index is 3.16. The first-order valence-corrected chi connectivity index (χ1v) is 3.22. The molecule has 1 rings (SSSR count). The minimum Gasteiger partial charge on any atom is -0.398 e. The standard InChI is InChI=1S/C9H11N/c1-3-8-5-4-7(2)9(10)6-8/h3-6H,1,10H2,2H3. The van der Waals surface area contributed by atoms with Gasteiger partial charge in [0.2, 0.25) is 0 Å². The smallest absolute Gasteiger partial charge is 0.0349 e. The van der Waals surface area contributed by atoms with Crippen LogP contribution in [0.3, 0.4) is 0 Å². The largest absolute Gasteiger partial charge is 0.398 e. The van der Waals surface area contributed by atoms with Crippen molar-refractivity contribution in [1.29, 1.82) is 0 Å². The van der Waals surface area contributed by atoms with E-state index in [1.807, 2.05) is 25.1 Å². The van der Waals surface area contributed by atoms with E-state index in [2.05, 4.69) is 6.58 Å². The maximum absolute atomic E-state index is 5.65. The van der Waals surface area contributed by atoms with E-state index in [1.54, 1.807) is 6.08 Å². The van der Waals surface area contributed by atoms with Crippen molar-refractivity contribution in [2.45, 2.75) is 6.92 Å². The van der Waals surface area contributed by atoms with Gasteiger partial charge in [-0.2, -0.15) is 0 Å². The molecule has 2 N–H and O–H groups in total. The molecule has 10 heavy (non-hydrogen) atoms. The monoisotopic (exact) mass is 133 g/mol. The molecule has 0 radical (unpaired) electrons. The summed E-state index contributed by atoms with van der Waals surface area (Å²) >= 11 is 0. The quantitative estimate of drug-likeness (QED) is 0.584. The van der Waals surface area contributed by atoms with Crippen LogP contribution in [0.2, 0.25) is 0 Å². The van der Waals surface area contributed by atoms with Gasteiger partial charge in [-0.05, 0) is 24.1 Å². The average molecular weight is 133 g/mol. The summed E-state index contributed by atoms with van der Waals surface area (Å²) in [5, 5.41) is 0. The van der Waals surface area contributed by atoms with Gasteiger partial charge < -0.3 is 5.73 Å². The van der Waals surface area contributed by atoms with Crippen LogP contribution in [0.5, 0.6) is 0 Å². The van der Waals surface area contributed by atoms with Crippen molar-refractivity contribution < 1.29 is 0 Å². The molecule has 0 amide bonds. The predicted molar refractivity (Wildman–Crippen MR) is 45.7 cm³/mol. The Morgan fingerprint density at radius 2 is 2.20 bits per heavy atom. The van der Waals surface area contributed by atoms with Gasteiger partial charge in [0.15, 0.2) is 0 Å². The number of anilines is 1. The molecule has 1 aromatic carbocycles. The van der Waals surface area contributed by atoms with Gasteiger partial charge in [0.05, 0.1) is 0 Å². The highest BCUT2D eigenvalue weighted by Gasteiger charge is 1.91. The zero-order chi connectivity index (χ0) is 7.56. The van der Waals surface area contributed by atoms with Crippen LogP contribution in [0.1, 0.15) is 11.1 Å². The second-order valence-corrected chi connectivity index (χ2v) is 2.32. The van der Waals surface area contributed by atoms with Crippen LogP contribution >= 0.6 is 0 Å². The zero-order valence-electron chi connectivity index (χ0n) is 6.09. The Morgan fingerprint density at radius 1 is 1.50 bits per heavy atom. The average Bonchev–Trinajstić information content (AvgIpc) is 1.95. The van der Waals surface area contributed by atoms with E-state index >= 15 is 0 Å². The molecule has 0 saturated carbocycles. The number of hydrogen-bond donors (Lipinski definition) is 1. The zero-order valence-corrected chi connectivity index (χ0v) is 6.09. The van der Waals surface area contributed by atoms with Gasteiger partial charge in [-0.1, -0.05) is 24.8 Å². The van der Waals surface area contributed by atoms with Gasteiger partial charge in [-0.3, -0.25) is 0 Å². The van der Waals surface area contributed by atoms with Crippen molar-refractivity contribution in [3.05, 3.63) is 35.9 Å². The summed E-state index contributed by atoms with van der Waals surface area (Å²) in [4.78, 5) is 0. The molecule has 0 bridgehead atoms. The maximum atomic E-state index is 5.65. The Kier molecular flexibility index (Phi) is 1.76. The van der Waals surface area contributed by atoms with Crippen LogP contribution < -0.4 is 5.73 Å². The third kappa shape index (κ3) is 1.18. The highest BCUT2D eigenvalue weighted by atomic mass is 14.5. The summed E-state index contributed by atoms with van der Waals surface area (Å²) in [6.45, 7) is 5.63. The fourth-order valence-corrected chi connectivity index (χ4v) is 0.786. The Hall–Kier alpha value is -1.24. The summed E-state index contributed by atoms with van der Waals surface area (Å²) in [5.41, 5.74) is 8.67. The summed E-state index contributed by atoms with van der Waals surface area (Å²) in [5.74, 6) is 0. The Labute approximate surface area is 61.2 Å². The number of nitrogen functional groups attached to an aromatic ring is 1. The van der Waals surface area contributed by atoms with E-state index in [0.29, 0.717) is 0 Å². The molecule has 1 aromatic rings. The first-order chi connectivity index (χ1) is 4.74. The van der Waals surface area contributed by atoms with Gasteiger partial charge in [0.1, 0.15) is 0 Å². The Morgan fingerprint density at radius 3 is 2.70 bits per heavy atom. The van der Waals surface area contributed by atoms with E-state index < -0.39 is 0 Å². The van der Waals surface area contributed by atoms with E-state index in [-0.39, 0.29) is 0 Å². The molecular weight excluding hydrogens is 122 g/mol. The second-order valence-electron chi connectivity index (χ2n) is 2.32. The lowest BCUT2D eigenvalue weighted by atomic mass is 10.1. The number of benzene rings is 1. The molecule has 1 heteroatoms. The van der Waals surface area contributed by atoms with E-state index in [4.69, 9.17) is 5.73 Å². The summed E-state index contributed by atoms with van der Waals surface area (Å²) in [6.07, 6.45) is 1.79. The van der Waals surface area contributed by atoms with Crippen molar-refractivity contribution in [3.63, 3.8) is 0 Å². The van der Waals surface area contributed by atoms with Crippen molar-refractivity contribution in [1.82, 2.24) is 0 Å². The van der Waals surface area contributed by atoms with E-state index in [1.165, 1.54) is 0 Å². The van der Waals surface area contributed by atoms with Crippen molar-refractivity contribution >= 4 is 11.8 Å².